The third-order valence-corrected chi connectivity index (χ3v) is 6.28. The number of halogens is 1. The quantitative estimate of drug-likeness (QED) is 0.374. The molecule has 174 valence electrons. The Bertz CT molecular complexity index is 1360. The Balaban J connectivity index is 1.37. The zero-order valence-electron chi connectivity index (χ0n) is 18.5. The molecule has 1 aromatic carbocycles. The van der Waals surface area contributed by atoms with E-state index in [1.807, 2.05) is 47.0 Å². The lowest BCUT2D eigenvalue weighted by atomic mass is 9.96. The minimum absolute atomic E-state index is 0.253. The maximum Gasteiger partial charge on any atom is 0.234 e. The maximum atomic E-state index is 11.4. The summed E-state index contributed by atoms with van der Waals surface area (Å²) in [7, 11) is 1.62. The summed E-state index contributed by atoms with van der Waals surface area (Å²) >= 11 is 6.43. The van der Waals surface area contributed by atoms with E-state index < -0.39 is 0 Å². The number of amides is 1. The van der Waals surface area contributed by atoms with Crippen molar-refractivity contribution in [1.29, 1.82) is 0 Å². The summed E-state index contributed by atoms with van der Waals surface area (Å²) in [6, 6.07) is 11.5. The fraction of sp³-hybridized carbons (Fsp3) is 0.250. The van der Waals surface area contributed by atoms with E-state index >= 15 is 0 Å². The van der Waals surface area contributed by atoms with E-state index in [2.05, 4.69) is 25.6 Å². The number of fused-ring (bicyclic) bond motifs is 1. The molecular weight excluding hydrogens is 454 g/mol. The maximum absolute atomic E-state index is 11.4. The summed E-state index contributed by atoms with van der Waals surface area (Å²) in [6.45, 7) is 0.764. The molecule has 4 heterocycles. The number of nitrogens with zero attached hydrogens (tertiary/aromatic N) is 4. The van der Waals surface area contributed by atoms with Gasteiger partial charge in [-0.3, -0.25) is 9.20 Å². The molecule has 2 unspecified atom stereocenters. The number of nitrogens with two attached hydrogens (primary N) is 1. The van der Waals surface area contributed by atoms with Gasteiger partial charge in [-0.25, -0.2) is 15.0 Å². The molecule has 5 rings (SSSR count). The van der Waals surface area contributed by atoms with Crippen molar-refractivity contribution < 1.29 is 9.53 Å². The number of methoxy groups -OCH3 is 1. The molecule has 10 heteroatoms. The molecule has 9 nitrogen and oxygen atoms in total. The van der Waals surface area contributed by atoms with Crippen LogP contribution in [0.25, 0.3) is 17.0 Å². The first-order valence-corrected chi connectivity index (χ1v) is 11.3. The Kier molecular flexibility index (Phi) is 6.04. The topological polar surface area (TPSA) is 119 Å². The van der Waals surface area contributed by atoms with Crippen LogP contribution < -0.4 is 21.1 Å². The highest BCUT2D eigenvalue weighted by molar-refractivity contribution is 6.32. The molecule has 0 spiro atoms. The number of rotatable bonds is 7. The molecule has 0 radical (unpaired) electrons. The number of anilines is 2. The molecule has 1 saturated heterocycles. The van der Waals surface area contributed by atoms with Gasteiger partial charge in [0.1, 0.15) is 17.1 Å². The molecule has 0 bridgehead atoms. The summed E-state index contributed by atoms with van der Waals surface area (Å²) in [5.74, 6) is 1.10. The zero-order chi connectivity index (χ0) is 23.7. The monoisotopic (exact) mass is 477 g/mol. The summed E-state index contributed by atoms with van der Waals surface area (Å²) in [6.07, 6.45) is 6.78. The van der Waals surface area contributed by atoms with Crippen molar-refractivity contribution in [3.8, 4) is 17.1 Å². The molecule has 1 amide bonds. The third kappa shape index (κ3) is 4.40. The summed E-state index contributed by atoms with van der Waals surface area (Å²) in [5.41, 5.74) is 9.41. The highest BCUT2D eigenvalue weighted by Gasteiger charge is 2.28. The van der Waals surface area contributed by atoms with Gasteiger partial charge >= 0.3 is 0 Å². The molecule has 0 aliphatic carbocycles. The smallest absolute Gasteiger partial charge is 0.234 e. The molecule has 4 aromatic rings. The van der Waals surface area contributed by atoms with Crippen molar-refractivity contribution in [3.63, 3.8) is 0 Å². The molecular formula is C24H24ClN7O2. The molecule has 0 saturated carbocycles. The van der Waals surface area contributed by atoms with E-state index in [0.717, 1.165) is 42.0 Å². The van der Waals surface area contributed by atoms with Gasteiger partial charge in [-0.15, -0.1) is 0 Å². The number of hydrogen-bond donors (Lipinski definition) is 3. The van der Waals surface area contributed by atoms with Crippen molar-refractivity contribution in [3.05, 3.63) is 65.6 Å². The van der Waals surface area contributed by atoms with Gasteiger partial charge < -0.3 is 21.1 Å². The Labute approximate surface area is 201 Å². The van der Waals surface area contributed by atoms with Crippen LogP contribution in [0.1, 0.15) is 12.0 Å². The molecule has 4 N–H and O–H groups in total. The molecule has 1 aliphatic heterocycles. The number of carbonyl (C=O) groups excluding carboxylic acids is 1. The number of carbonyl (C=O) groups is 1. The summed E-state index contributed by atoms with van der Waals surface area (Å²) in [4.78, 5) is 24.8. The average molecular weight is 478 g/mol. The van der Waals surface area contributed by atoms with Crippen molar-refractivity contribution in [2.75, 3.05) is 19.0 Å². The SMILES string of the molecule is COc1cc(CC2CNC(C(N)=O)C2)ccc1Nc1ncc(Cl)c(-c2cnc3ccccn23)n1. The molecule has 2 atom stereocenters. The van der Waals surface area contributed by atoms with Gasteiger partial charge in [0.15, 0.2) is 0 Å². The molecule has 1 fully saturated rings. The fourth-order valence-electron chi connectivity index (χ4n) is 4.32. The van der Waals surface area contributed by atoms with Gasteiger partial charge in [0.25, 0.3) is 0 Å². The first kappa shape index (κ1) is 22.1. The standard InChI is InChI=1S/C24H24ClN7O2/c1-34-20-10-14(8-15-9-18(23(26)33)27-11-15)5-6-17(20)30-24-29-12-16(25)22(31-24)19-13-28-21-4-2-3-7-32(19)21/h2-7,10,12-13,15,18,27H,8-9,11H2,1H3,(H2,26,33)(H,29,30,31). The van der Waals surface area contributed by atoms with Crippen LogP contribution in [-0.4, -0.2) is 45.0 Å². The van der Waals surface area contributed by atoms with Crippen LogP contribution in [0, 0.1) is 5.92 Å². The van der Waals surface area contributed by atoms with Gasteiger partial charge in [-0.1, -0.05) is 23.7 Å². The van der Waals surface area contributed by atoms with Crippen LogP contribution in [-0.2, 0) is 11.2 Å². The van der Waals surface area contributed by atoms with Crippen LogP contribution in [0.4, 0.5) is 11.6 Å². The van der Waals surface area contributed by atoms with Crippen molar-refractivity contribution in [2.45, 2.75) is 18.9 Å². The van der Waals surface area contributed by atoms with Gasteiger partial charge in [0.05, 0.1) is 41.9 Å². The van der Waals surface area contributed by atoms with E-state index in [9.17, 15) is 4.79 Å². The number of benzene rings is 1. The number of hydrogen-bond acceptors (Lipinski definition) is 7. The Hall–Kier alpha value is -3.69. The average Bonchev–Trinajstić information content (AvgIpc) is 3.49. The fourth-order valence-corrected chi connectivity index (χ4v) is 4.50. The minimum atomic E-state index is -0.300. The van der Waals surface area contributed by atoms with Crippen LogP contribution in [0.3, 0.4) is 0 Å². The van der Waals surface area contributed by atoms with Gasteiger partial charge in [-0.2, -0.15) is 0 Å². The van der Waals surface area contributed by atoms with Crippen molar-refractivity contribution in [1.82, 2.24) is 24.7 Å². The largest absolute Gasteiger partial charge is 0.495 e. The number of primary amides is 1. The number of pyridine rings is 1. The number of nitrogens with one attached hydrogen (secondary N) is 2. The van der Waals surface area contributed by atoms with Crippen molar-refractivity contribution >= 4 is 34.8 Å². The van der Waals surface area contributed by atoms with Crippen LogP contribution in [0.15, 0.2) is 55.0 Å². The lowest BCUT2D eigenvalue weighted by Gasteiger charge is -2.14. The molecule has 34 heavy (non-hydrogen) atoms. The zero-order valence-corrected chi connectivity index (χ0v) is 19.3. The summed E-state index contributed by atoms with van der Waals surface area (Å²) in [5, 5.41) is 6.84. The second-order valence-corrected chi connectivity index (χ2v) is 8.70. The Morgan fingerprint density at radius 2 is 2.18 bits per heavy atom. The Morgan fingerprint density at radius 1 is 1.29 bits per heavy atom. The van der Waals surface area contributed by atoms with Crippen LogP contribution in [0.5, 0.6) is 5.75 Å². The predicted molar refractivity (Wildman–Crippen MR) is 130 cm³/mol. The van der Waals surface area contributed by atoms with Gasteiger partial charge in [0, 0.05) is 6.20 Å². The van der Waals surface area contributed by atoms with Crippen LogP contribution in [0.2, 0.25) is 5.02 Å². The van der Waals surface area contributed by atoms with Crippen molar-refractivity contribution in [2.24, 2.45) is 11.7 Å². The number of imidazole rings is 1. The second-order valence-electron chi connectivity index (χ2n) is 8.29. The first-order valence-electron chi connectivity index (χ1n) is 10.9. The summed E-state index contributed by atoms with van der Waals surface area (Å²) < 4.78 is 7.54. The van der Waals surface area contributed by atoms with E-state index in [1.165, 1.54) is 0 Å². The number of aromatic nitrogens is 4. The van der Waals surface area contributed by atoms with E-state index in [4.69, 9.17) is 22.1 Å². The highest BCUT2D eigenvalue weighted by Crippen LogP contribution is 2.32. The minimum Gasteiger partial charge on any atom is -0.495 e. The number of ether oxygens (including phenoxy) is 1. The molecule has 1 aliphatic rings. The van der Waals surface area contributed by atoms with E-state index in [0.29, 0.717) is 28.3 Å². The third-order valence-electron chi connectivity index (χ3n) is 6.01. The lowest BCUT2D eigenvalue weighted by molar-refractivity contribution is -0.119. The highest BCUT2D eigenvalue weighted by atomic mass is 35.5. The second kappa shape index (κ2) is 9.28. The van der Waals surface area contributed by atoms with E-state index in [1.54, 1.807) is 19.5 Å². The molecule has 3 aromatic heterocycles. The first-order chi connectivity index (χ1) is 16.5. The van der Waals surface area contributed by atoms with E-state index in [-0.39, 0.29) is 11.9 Å². The van der Waals surface area contributed by atoms with Gasteiger partial charge in [-0.05, 0) is 55.1 Å². The predicted octanol–water partition coefficient (Wildman–Crippen LogP) is 3.20. The Morgan fingerprint density at radius 3 is 2.97 bits per heavy atom. The van der Waals surface area contributed by atoms with Crippen LogP contribution >= 0.6 is 11.6 Å². The normalized spacial score (nSPS) is 17.7. The van der Waals surface area contributed by atoms with Gasteiger partial charge in [0.2, 0.25) is 11.9 Å². The lowest BCUT2D eigenvalue weighted by Crippen LogP contribution is -2.36.